The first-order valence-corrected chi connectivity index (χ1v) is 12.8. The van der Waals surface area contributed by atoms with Crippen molar-refractivity contribution >= 4 is 6.08 Å². The van der Waals surface area contributed by atoms with Crippen molar-refractivity contribution in [1.29, 1.82) is 0 Å². The van der Waals surface area contributed by atoms with Crippen LogP contribution in [0.3, 0.4) is 0 Å². The van der Waals surface area contributed by atoms with Crippen LogP contribution in [0.25, 0.3) is 39.7 Å². The van der Waals surface area contributed by atoms with Crippen LogP contribution in [0.4, 0.5) is 0 Å². The van der Waals surface area contributed by atoms with Crippen LogP contribution in [0.5, 0.6) is 0 Å². The smallest absolute Gasteiger partial charge is 0.163 e. The molecule has 8 heteroatoms. The van der Waals surface area contributed by atoms with Gasteiger partial charge >= 0.3 is 0 Å². The lowest BCUT2D eigenvalue weighted by atomic mass is 9.84. The van der Waals surface area contributed by atoms with Crippen molar-refractivity contribution in [3.05, 3.63) is 67.0 Å². The summed E-state index contributed by atoms with van der Waals surface area (Å²) >= 11 is 0. The van der Waals surface area contributed by atoms with Crippen LogP contribution >= 0.6 is 0 Å². The minimum absolute atomic E-state index is 0.0688. The second kappa shape index (κ2) is 9.36. The van der Waals surface area contributed by atoms with Gasteiger partial charge in [-0.1, -0.05) is 30.7 Å². The second-order valence-electron chi connectivity index (χ2n) is 10.5. The molecule has 8 nitrogen and oxygen atoms in total. The molecule has 1 aromatic carbocycles. The quantitative estimate of drug-likeness (QED) is 0.374. The molecule has 1 unspecified atom stereocenters. The van der Waals surface area contributed by atoms with Gasteiger partial charge in [-0.05, 0) is 44.4 Å². The maximum atomic E-state index is 6.30. The Balaban J connectivity index is 1.36. The van der Waals surface area contributed by atoms with E-state index in [2.05, 4.69) is 34.5 Å². The highest BCUT2D eigenvalue weighted by Gasteiger charge is 2.45. The molecule has 1 saturated carbocycles. The SMILES string of the molecule is Cn1cc(-c2cccc(-c3ncc(-c4cnn(C)c4)c(/C=C/C4CCC[C@@H]5OC(C)(C)O[C@H]45)n3)c2)cn1. The van der Waals surface area contributed by atoms with Crippen molar-refractivity contribution in [3.8, 4) is 33.6 Å². The van der Waals surface area contributed by atoms with E-state index in [0.29, 0.717) is 5.82 Å². The van der Waals surface area contributed by atoms with E-state index in [4.69, 9.17) is 19.4 Å². The highest BCUT2D eigenvalue weighted by molar-refractivity contribution is 5.75. The fourth-order valence-electron chi connectivity index (χ4n) is 5.44. The minimum Gasteiger partial charge on any atom is -0.345 e. The van der Waals surface area contributed by atoms with Crippen molar-refractivity contribution < 1.29 is 9.47 Å². The second-order valence-corrected chi connectivity index (χ2v) is 10.5. The van der Waals surface area contributed by atoms with Crippen molar-refractivity contribution in [3.63, 3.8) is 0 Å². The molecule has 2 aliphatic rings. The third kappa shape index (κ3) is 4.86. The van der Waals surface area contributed by atoms with Gasteiger partial charge in [0.2, 0.25) is 0 Å². The zero-order chi connectivity index (χ0) is 25.6. The predicted molar refractivity (Wildman–Crippen MR) is 142 cm³/mol. The first kappa shape index (κ1) is 23.8. The Morgan fingerprint density at radius 1 is 0.919 bits per heavy atom. The summed E-state index contributed by atoms with van der Waals surface area (Å²) in [5.41, 5.74) is 5.90. The first-order chi connectivity index (χ1) is 17.8. The maximum absolute atomic E-state index is 6.30. The number of nitrogens with zero attached hydrogens (tertiary/aromatic N) is 6. The summed E-state index contributed by atoms with van der Waals surface area (Å²) in [4.78, 5) is 9.79. The summed E-state index contributed by atoms with van der Waals surface area (Å²) in [7, 11) is 3.84. The molecule has 0 amide bonds. The summed E-state index contributed by atoms with van der Waals surface area (Å²) in [6.45, 7) is 4.01. The molecule has 4 aromatic rings. The zero-order valence-corrected chi connectivity index (χ0v) is 21.7. The largest absolute Gasteiger partial charge is 0.345 e. The van der Waals surface area contributed by atoms with E-state index < -0.39 is 5.79 Å². The summed E-state index contributed by atoms with van der Waals surface area (Å²) in [6, 6.07) is 8.27. The van der Waals surface area contributed by atoms with Gasteiger partial charge in [-0.3, -0.25) is 9.36 Å². The monoisotopic (exact) mass is 496 g/mol. The van der Waals surface area contributed by atoms with Gasteiger partial charge in [-0.15, -0.1) is 0 Å². The van der Waals surface area contributed by atoms with Crippen LogP contribution in [-0.4, -0.2) is 47.5 Å². The lowest BCUT2D eigenvalue weighted by Crippen LogP contribution is -2.34. The number of hydrogen-bond acceptors (Lipinski definition) is 6. The normalized spacial score (nSPS) is 23.0. The Bertz CT molecular complexity index is 1450. The van der Waals surface area contributed by atoms with Gasteiger partial charge < -0.3 is 9.47 Å². The molecule has 1 aliphatic heterocycles. The van der Waals surface area contributed by atoms with Gasteiger partial charge in [0.1, 0.15) is 0 Å². The van der Waals surface area contributed by atoms with E-state index in [1.54, 1.807) is 9.36 Å². The summed E-state index contributed by atoms with van der Waals surface area (Å²) in [5, 5.41) is 8.67. The third-order valence-electron chi connectivity index (χ3n) is 7.16. The van der Waals surface area contributed by atoms with Crippen LogP contribution in [0.1, 0.15) is 38.8 Å². The molecule has 0 spiro atoms. The Morgan fingerprint density at radius 2 is 1.68 bits per heavy atom. The number of aryl methyl sites for hydroxylation is 2. The summed E-state index contributed by atoms with van der Waals surface area (Å²) < 4.78 is 16.1. The minimum atomic E-state index is -0.534. The number of fused-ring (bicyclic) bond motifs is 1. The number of ether oxygens (including phenoxy) is 2. The number of benzene rings is 1. The molecular weight excluding hydrogens is 464 g/mol. The molecule has 3 atom stereocenters. The zero-order valence-electron chi connectivity index (χ0n) is 21.7. The number of rotatable bonds is 5. The van der Waals surface area contributed by atoms with Crippen LogP contribution in [-0.2, 0) is 23.6 Å². The van der Waals surface area contributed by atoms with E-state index in [9.17, 15) is 0 Å². The van der Waals surface area contributed by atoms with E-state index in [1.807, 2.05) is 71.1 Å². The Hall–Kier alpha value is -3.62. The highest BCUT2D eigenvalue weighted by atomic mass is 16.8. The van der Waals surface area contributed by atoms with E-state index in [-0.39, 0.29) is 18.1 Å². The molecule has 37 heavy (non-hydrogen) atoms. The molecule has 2 fully saturated rings. The molecule has 190 valence electrons. The lowest BCUT2D eigenvalue weighted by Gasteiger charge is -2.29. The number of hydrogen-bond donors (Lipinski definition) is 0. The van der Waals surface area contributed by atoms with Crippen molar-refractivity contribution in [2.45, 2.75) is 51.1 Å². The summed E-state index contributed by atoms with van der Waals surface area (Å²) in [6.07, 6.45) is 17.5. The average Bonchev–Trinajstić information content (AvgIpc) is 3.60. The molecule has 0 bridgehead atoms. The lowest BCUT2D eigenvalue weighted by molar-refractivity contribution is -0.147. The van der Waals surface area contributed by atoms with Gasteiger partial charge in [-0.25, -0.2) is 9.97 Å². The van der Waals surface area contributed by atoms with Crippen molar-refractivity contribution in [2.24, 2.45) is 20.0 Å². The maximum Gasteiger partial charge on any atom is 0.163 e. The predicted octanol–water partition coefficient (Wildman–Crippen LogP) is 5.28. The van der Waals surface area contributed by atoms with E-state index in [0.717, 1.165) is 52.8 Å². The van der Waals surface area contributed by atoms with E-state index in [1.165, 1.54) is 0 Å². The highest BCUT2D eigenvalue weighted by Crippen LogP contribution is 2.40. The fourth-order valence-corrected chi connectivity index (χ4v) is 5.44. The van der Waals surface area contributed by atoms with Gasteiger partial charge in [0.25, 0.3) is 0 Å². The van der Waals surface area contributed by atoms with Crippen LogP contribution in [0.15, 0.2) is 61.3 Å². The Labute approximate surface area is 217 Å². The molecular formula is C29H32N6O2. The van der Waals surface area contributed by atoms with Gasteiger partial charge in [-0.2, -0.15) is 10.2 Å². The molecule has 0 radical (unpaired) electrons. The fraction of sp³-hybridized carbons (Fsp3) is 0.379. The van der Waals surface area contributed by atoms with Gasteiger partial charge in [0, 0.05) is 60.9 Å². The third-order valence-corrected chi connectivity index (χ3v) is 7.16. The molecule has 3 aromatic heterocycles. The molecule has 0 N–H and O–H groups in total. The van der Waals surface area contributed by atoms with Crippen LogP contribution in [0, 0.1) is 5.92 Å². The Kier molecular flexibility index (Phi) is 6.01. The van der Waals surface area contributed by atoms with Crippen LogP contribution in [0.2, 0.25) is 0 Å². The van der Waals surface area contributed by atoms with Crippen molar-refractivity contribution in [2.75, 3.05) is 0 Å². The Morgan fingerprint density at radius 3 is 2.43 bits per heavy atom. The number of aromatic nitrogens is 6. The molecule has 6 rings (SSSR count). The first-order valence-electron chi connectivity index (χ1n) is 12.8. The molecule has 4 heterocycles. The van der Waals surface area contributed by atoms with E-state index >= 15 is 0 Å². The molecule has 1 saturated heterocycles. The summed E-state index contributed by atoms with van der Waals surface area (Å²) in [5.74, 6) is 0.421. The average molecular weight is 497 g/mol. The van der Waals surface area contributed by atoms with Crippen LogP contribution < -0.4 is 0 Å². The van der Waals surface area contributed by atoms with Gasteiger partial charge in [0.05, 0.1) is 30.3 Å². The van der Waals surface area contributed by atoms with Gasteiger partial charge in [0.15, 0.2) is 11.6 Å². The van der Waals surface area contributed by atoms with Crippen molar-refractivity contribution in [1.82, 2.24) is 29.5 Å². The standard InChI is InChI=1S/C29H32N6O2/c1-29(2)36-26-10-6-7-19(27(26)37-29)11-12-25-24(23-15-32-35(4)18-23)16-30-28(33-25)21-9-5-8-20(13-21)22-14-31-34(3)17-22/h5,8-9,11-19,26-27H,6-7,10H2,1-4H3/b12-11+/t19?,26-,27+/m0/s1. The molecule has 1 aliphatic carbocycles. The topological polar surface area (TPSA) is 79.9 Å².